The van der Waals surface area contributed by atoms with Gasteiger partial charge in [0, 0.05) is 18.3 Å². The molecular formula is C13H24N4O. The Morgan fingerprint density at radius 1 is 1.50 bits per heavy atom. The summed E-state index contributed by atoms with van der Waals surface area (Å²) in [6.45, 7) is 10.8. The maximum Gasteiger partial charge on any atom is 0.271 e. The summed E-state index contributed by atoms with van der Waals surface area (Å²) in [7, 11) is 1.87. The Balaban J connectivity index is 2.76. The van der Waals surface area contributed by atoms with Gasteiger partial charge in [-0.3, -0.25) is 9.48 Å². The van der Waals surface area contributed by atoms with E-state index in [9.17, 15) is 4.79 Å². The van der Waals surface area contributed by atoms with Crippen LogP contribution < -0.4 is 10.6 Å². The Bertz CT molecular complexity index is 417. The highest BCUT2D eigenvalue weighted by Crippen LogP contribution is 2.16. The second kappa shape index (κ2) is 5.52. The lowest BCUT2D eigenvalue weighted by Gasteiger charge is -2.21. The third-order valence-electron chi connectivity index (χ3n) is 2.82. The van der Waals surface area contributed by atoms with Gasteiger partial charge in [0.05, 0.1) is 5.54 Å². The number of hydrogen-bond donors (Lipinski definition) is 2. The third-order valence-corrected chi connectivity index (χ3v) is 2.82. The molecular weight excluding hydrogens is 228 g/mol. The molecule has 0 saturated heterocycles. The van der Waals surface area contributed by atoms with Crippen molar-refractivity contribution in [2.24, 2.45) is 0 Å². The van der Waals surface area contributed by atoms with E-state index in [0.717, 1.165) is 5.69 Å². The van der Waals surface area contributed by atoms with E-state index in [1.54, 1.807) is 0 Å². The first kappa shape index (κ1) is 14.7. The van der Waals surface area contributed by atoms with Gasteiger partial charge in [-0.05, 0) is 47.7 Å². The van der Waals surface area contributed by atoms with Crippen LogP contribution in [0.1, 0.15) is 43.9 Å². The van der Waals surface area contributed by atoms with Crippen LogP contribution in [0.5, 0.6) is 0 Å². The second-order valence-corrected chi connectivity index (χ2v) is 5.65. The number of hydrogen-bond acceptors (Lipinski definition) is 3. The SMILES string of the molecule is CNC(C)CNC(=O)c1cc(C)n(C(C)(C)C)n1. The molecule has 0 aromatic carbocycles. The molecule has 1 aromatic heterocycles. The molecule has 5 nitrogen and oxygen atoms in total. The van der Waals surface area contributed by atoms with Gasteiger partial charge < -0.3 is 10.6 Å². The number of aryl methyl sites for hydroxylation is 1. The molecule has 18 heavy (non-hydrogen) atoms. The van der Waals surface area contributed by atoms with Crippen LogP contribution in [0, 0.1) is 6.92 Å². The van der Waals surface area contributed by atoms with Crippen LogP contribution in [-0.2, 0) is 5.54 Å². The maximum absolute atomic E-state index is 11.9. The van der Waals surface area contributed by atoms with Gasteiger partial charge in [0.15, 0.2) is 0 Å². The zero-order valence-corrected chi connectivity index (χ0v) is 12.2. The highest BCUT2D eigenvalue weighted by Gasteiger charge is 2.20. The molecule has 2 N–H and O–H groups in total. The number of nitrogens with one attached hydrogen (secondary N) is 2. The van der Waals surface area contributed by atoms with Crippen molar-refractivity contribution in [2.45, 2.75) is 46.2 Å². The summed E-state index contributed by atoms with van der Waals surface area (Å²) in [5.74, 6) is -0.122. The fourth-order valence-corrected chi connectivity index (χ4v) is 1.70. The molecule has 1 aromatic rings. The maximum atomic E-state index is 11.9. The van der Waals surface area contributed by atoms with Crippen LogP contribution in [0.15, 0.2) is 6.07 Å². The van der Waals surface area contributed by atoms with Crippen molar-refractivity contribution >= 4 is 5.91 Å². The quantitative estimate of drug-likeness (QED) is 0.849. The van der Waals surface area contributed by atoms with Crippen molar-refractivity contribution in [1.82, 2.24) is 20.4 Å². The number of carbonyl (C=O) groups excluding carboxylic acids is 1. The molecule has 1 atom stereocenters. The highest BCUT2D eigenvalue weighted by molar-refractivity contribution is 5.92. The number of aromatic nitrogens is 2. The van der Waals surface area contributed by atoms with Crippen LogP contribution in [0.25, 0.3) is 0 Å². The largest absolute Gasteiger partial charge is 0.349 e. The first-order chi connectivity index (χ1) is 8.25. The van der Waals surface area contributed by atoms with Crippen molar-refractivity contribution in [1.29, 1.82) is 0 Å². The lowest BCUT2D eigenvalue weighted by molar-refractivity contribution is 0.0944. The van der Waals surface area contributed by atoms with Gasteiger partial charge in [-0.25, -0.2) is 0 Å². The zero-order chi connectivity index (χ0) is 13.9. The Kier molecular flexibility index (Phi) is 4.51. The number of likely N-dealkylation sites (N-methyl/N-ethyl adjacent to an activating group) is 1. The molecule has 0 saturated carbocycles. The molecule has 102 valence electrons. The van der Waals surface area contributed by atoms with Gasteiger partial charge in [-0.2, -0.15) is 5.10 Å². The molecule has 1 heterocycles. The van der Waals surface area contributed by atoms with Crippen molar-refractivity contribution in [3.05, 3.63) is 17.5 Å². The van der Waals surface area contributed by atoms with E-state index in [2.05, 4.69) is 36.5 Å². The summed E-state index contributed by atoms with van der Waals surface area (Å²) < 4.78 is 1.88. The minimum Gasteiger partial charge on any atom is -0.349 e. The normalized spacial score (nSPS) is 13.4. The molecule has 0 aliphatic heterocycles. The molecule has 0 spiro atoms. The Hall–Kier alpha value is -1.36. The van der Waals surface area contributed by atoms with E-state index in [4.69, 9.17) is 0 Å². The van der Waals surface area contributed by atoms with Crippen LogP contribution in [0.4, 0.5) is 0 Å². The van der Waals surface area contributed by atoms with E-state index in [1.807, 2.05) is 31.6 Å². The molecule has 0 aliphatic rings. The monoisotopic (exact) mass is 252 g/mol. The molecule has 0 radical (unpaired) electrons. The average molecular weight is 252 g/mol. The van der Waals surface area contributed by atoms with Crippen molar-refractivity contribution in [3.8, 4) is 0 Å². The first-order valence-electron chi connectivity index (χ1n) is 6.28. The fourth-order valence-electron chi connectivity index (χ4n) is 1.70. The molecule has 1 unspecified atom stereocenters. The number of carbonyl (C=O) groups is 1. The summed E-state index contributed by atoms with van der Waals surface area (Å²) in [5, 5.41) is 10.3. The zero-order valence-electron chi connectivity index (χ0n) is 12.2. The average Bonchev–Trinajstić information content (AvgIpc) is 2.67. The fraction of sp³-hybridized carbons (Fsp3) is 0.692. The first-order valence-corrected chi connectivity index (χ1v) is 6.28. The topological polar surface area (TPSA) is 58.9 Å². The predicted octanol–water partition coefficient (Wildman–Crippen LogP) is 1.28. The lowest BCUT2D eigenvalue weighted by atomic mass is 10.1. The standard InChI is InChI=1S/C13H24N4O/c1-9(14-6)8-15-12(18)11-7-10(2)17(16-11)13(3,4)5/h7,9,14H,8H2,1-6H3,(H,15,18). The van der Waals surface area contributed by atoms with Gasteiger partial charge in [0.2, 0.25) is 0 Å². The van der Waals surface area contributed by atoms with Gasteiger partial charge >= 0.3 is 0 Å². The molecule has 0 fully saturated rings. The van der Waals surface area contributed by atoms with E-state index in [-0.39, 0.29) is 17.5 Å². The second-order valence-electron chi connectivity index (χ2n) is 5.65. The number of nitrogens with zero attached hydrogens (tertiary/aromatic N) is 2. The van der Waals surface area contributed by atoms with Crippen LogP contribution in [0.3, 0.4) is 0 Å². The van der Waals surface area contributed by atoms with Crippen LogP contribution in [-0.4, -0.2) is 35.3 Å². The van der Waals surface area contributed by atoms with E-state index in [0.29, 0.717) is 12.2 Å². The van der Waals surface area contributed by atoms with Gasteiger partial charge in [0.25, 0.3) is 5.91 Å². The van der Waals surface area contributed by atoms with Crippen LogP contribution in [0.2, 0.25) is 0 Å². The summed E-state index contributed by atoms with van der Waals surface area (Å²) in [6.07, 6.45) is 0. The van der Waals surface area contributed by atoms with E-state index in [1.165, 1.54) is 0 Å². The minimum absolute atomic E-state index is 0.110. The smallest absolute Gasteiger partial charge is 0.271 e. The number of rotatable bonds is 4. The third kappa shape index (κ3) is 3.57. The van der Waals surface area contributed by atoms with Crippen molar-refractivity contribution in [2.75, 3.05) is 13.6 Å². The summed E-state index contributed by atoms with van der Waals surface area (Å²) >= 11 is 0. The lowest BCUT2D eigenvalue weighted by Crippen LogP contribution is -2.37. The van der Waals surface area contributed by atoms with Crippen molar-refractivity contribution in [3.63, 3.8) is 0 Å². The minimum atomic E-state index is -0.122. The highest BCUT2D eigenvalue weighted by atomic mass is 16.1. The Morgan fingerprint density at radius 2 is 2.11 bits per heavy atom. The van der Waals surface area contributed by atoms with Crippen LogP contribution >= 0.6 is 0 Å². The summed E-state index contributed by atoms with van der Waals surface area (Å²) in [4.78, 5) is 11.9. The summed E-state index contributed by atoms with van der Waals surface area (Å²) in [6, 6.07) is 2.07. The van der Waals surface area contributed by atoms with Gasteiger partial charge in [-0.15, -0.1) is 0 Å². The predicted molar refractivity (Wildman–Crippen MR) is 72.8 cm³/mol. The van der Waals surface area contributed by atoms with Gasteiger partial charge in [0.1, 0.15) is 5.69 Å². The van der Waals surface area contributed by atoms with Crippen molar-refractivity contribution < 1.29 is 4.79 Å². The molecule has 5 heteroatoms. The molecule has 1 rings (SSSR count). The van der Waals surface area contributed by atoms with E-state index >= 15 is 0 Å². The number of amides is 1. The molecule has 1 amide bonds. The Labute approximate surface area is 109 Å². The molecule has 0 aliphatic carbocycles. The summed E-state index contributed by atoms with van der Waals surface area (Å²) in [5.41, 5.74) is 1.36. The Morgan fingerprint density at radius 3 is 2.56 bits per heavy atom. The van der Waals surface area contributed by atoms with E-state index < -0.39 is 0 Å². The van der Waals surface area contributed by atoms with Gasteiger partial charge in [-0.1, -0.05) is 0 Å². The molecule has 0 bridgehead atoms.